The van der Waals surface area contributed by atoms with E-state index in [9.17, 15) is 4.79 Å². The summed E-state index contributed by atoms with van der Waals surface area (Å²) in [6.07, 6.45) is 4.16. The monoisotopic (exact) mass is 310 g/mol. The minimum absolute atomic E-state index is 0.00278. The van der Waals surface area contributed by atoms with E-state index in [2.05, 4.69) is 49.0 Å². The maximum Gasteiger partial charge on any atom is 0.241 e. The van der Waals surface area contributed by atoms with Gasteiger partial charge >= 0.3 is 0 Å². The lowest BCUT2D eigenvalue weighted by Gasteiger charge is -2.27. The number of carbonyl (C=O) groups excluding carboxylic acids is 1. The molecule has 1 aliphatic rings. The summed E-state index contributed by atoms with van der Waals surface area (Å²) in [6.45, 7) is 4.89. The molecule has 110 valence electrons. The van der Waals surface area contributed by atoms with Crippen LogP contribution in [0.1, 0.15) is 25.6 Å². The first kappa shape index (κ1) is 15.7. The molecule has 0 aromatic heterocycles. The Morgan fingerprint density at radius 2 is 1.95 bits per heavy atom. The Bertz CT molecular complexity index is 463. The molecule has 0 radical (unpaired) electrons. The van der Waals surface area contributed by atoms with E-state index in [1.807, 2.05) is 11.8 Å². The highest BCUT2D eigenvalue weighted by Gasteiger charge is 2.37. The number of amides is 1. The first-order valence-corrected chi connectivity index (χ1v) is 9.31. The molecule has 0 aliphatic carbocycles. The summed E-state index contributed by atoms with van der Waals surface area (Å²) >= 11 is 3.53. The van der Waals surface area contributed by atoms with Crippen LogP contribution in [0.4, 0.5) is 0 Å². The zero-order valence-electron chi connectivity index (χ0n) is 12.4. The number of rotatable bonds is 5. The van der Waals surface area contributed by atoms with Crippen LogP contribution in [0.5, 0.6) is 0 Å². The third kappa shape index (κ3) is 3.32. The highest BCUT2D eigenvalue weighted by molar-refractivity contribution is 7.99. The first-order valence-electron chi connectivity index (χ1n) is 6.80. The number of nitrogens with zero attached hydrogens (tertiary/aromatic N) is 1. The number of thioether (sulfide) groups is 2. The second-order valence-electron chi connectivity index (χ2n) is 5.10. The van der Waals surface area contributed by atoms with Crippen molar-refractivity contribution in [3.05, 3.63) is 29.8 Å². The second kappa shape index (κ2) is 6.87. The van der Waals surface area contributed by atoms with Crippen LogP contribution in [-0.4, -0.2) is 41.2 Å². The summed E-state index contributed by atoms with van der Waals surface area (Å²) in [4.78, 5) is 15.5. The van der Waals surface area contributed by atoms with Gasteiger partial charge < -0.3 is 4.90 Å². The molecule has 0 bridgehead atoms. The molecule has 1 aliphatic heterocycles. The van der Waals surface area contributed by atoms with Gasteiger partial charge in [0.2, 0.25) is 5.91 Å². The molecule has 1 fully saturated rings. The summed E-state index contributed by atoms with van der Waals surface area (Å²) in [6, 6.07) is 8.36. The predicted octanol–water partition coefficient (Wildman–Crippen LogP) is 2.98. The quantitative estimate of drug-likeness (QED) is 0.848. The molecule has 5 heteroatoms. The average molecular weight is 310 g/mol. The largest absolute Gasteiger partial charge is 0.320 e. The smallest absolute Gasteiger partial charge is 0.241 e. The molecule has 1 aromatic carbocycles. The molecular formula is C15H22N2OS2. The highest BCUT2D eigenvalue weighted by atomic mass is 32.2. The van der Waals surface area contributed by atoms with Gasteiger partial charge in [-0.15, -0.1) is 11.8 Å². The molecule has 0 saturated carbocycles. The van der Waals surface area contributed by atoms with Crippen LogP contribution in [0.25, 0.3) is 0 Å². The van der Waals surface area contributed by atoms with Gasteiger partial charge in [-0.1, -0.05) is 19.1 Å². The van der Waals surface area contributed by atoms with Gasteiger partial charge in [0, 0.05) is 16.7 Å². The van der Waals surface area contributed by atoms with Crippen molar-refractivity contribution in [3.63, 3.8) is 0 Å². The normalized spacial score (nSPS) is 24.2. The van der Waals surface area contributed by atoms with E-state index >= 15 is 0 Å². The number of hydrogen-bond donors (Lipinski definition) is 1. The lowest BCUT2D eigenvalue weighted by Crippen LogP contribution is -2.35. The predicted molar refractivity (Wildman–Crippen MR) is 88.3 cm³/mol. The van der Waals surface area contributed by atoms with Gasteiger partial charge in [-0.05, 0) is 37.1 Å². The van der Waals surface area contributed by atoms with E-state index in [4.69, 9.17) is 0 Å². The minimum atomic E-state index is -0.103. The molecule has 0 spiro atoms. The van der Waals surface area contributed by atoms with Gasteiger partial charge in [-0.3, -0.25) is 10.1 Å². The molecule has 1 amide bonds. The summed E-state index contributed by atoms with van der Waals surface area (Å²) < 4.78 is 0. The highest BCUT2D eigenvalue weighted by Crippen LogP contribution is 2.28. The Kier molecular flexibility index (Phi) is 5.41. The van der Waals surface area contributed by atoms with Crippen molar-refractivity contribution in [2.45, 2.75) is 36.2 Å². The van der Waals surface area contributed by atoms with Crippen LogP contribution >= 0.6 is 23.5 Å². The van der Waals surface area contributed by atoms with Gasteiger partial charge in [-0.2, -0.15) is 11.8 Å². The minimum Gasteiger partial charge on any atom is -0.320 e. The van der Waals surface area contributed by atoms with Crippen molar-refractivity contribution in [1.82, 2.24) is 10.2 Å². The van der Waals surface area contributed by atoms with Crippen molar-refractivity contribution >= 4 is 29.4 Å². The van der Waals surface area contributed by atoms with Gasteiger partial charge in [0.05, 0.1) is 6.04 Å². The zero-order valence-corrected chi connectivity index (χ0v) is 14.1. The van der Waals surface area contributed by atoms with Crippen LogP contribution in [0.15, 0.2) is 29.2 Å². The zero-order chi connectivity index (χ0) is 14.7. The Morgan fingerprint density at radius 3 is 2.50 bits per heavy atom. The Labute approximate surface area is 129 Å². The van der Waals surface area contributed by atoms with E-state index in [1.54, 1.807) is 23.5 Å². The third-order valence-electron chi connectivity index (χ3n) is 3.66. The number of carbonyl (C=O) groups is 1. The number of benzene rings is 1. The first-order chi connectivity index (χ1) is 9.56. The molecule has 1 aromatic rings. The lowest BCUT2D eigenvalue weighted by atomic mass is 10.1. The van der Waals surface area contributed by atoms with Crippen LogP contribution in [0.2, 0.25) is 0 Å². The van der Waals surface area contributed by atoms with Crippen molar-refractivity contribution < 1.29 is 4.79 Å². The van der Waals surface area contributed by atoms with Gasteiger partial charge in [0.1, 0.15) is 6.17 Å². The maximum absolute atomic E-state index is 12.3. The topological polar surface area (TPSA) is 32.3 Å². The standard InChI is InChI=1S/C15H22N2OS2/c1-10(19-3)9-17-14(16-11(2)15(17)18)12-5-7-13(20-4)8-6-12/h5-8,10-11,14,16H,9H2,1-4H3. The number of hydrogen-bond acceptors (Lipinski definition) is 4. The van der Waals surface area contributed by atoms with Gasteiger partial charge in [0.25, 0.3) is 0 Å². The summed E-state index contributed by atoms with van der Waals surface area (Å²) in [5.41, 5.74) is 1.16. The van der Waals surface area contributed by atoms with E-state index in [-0.39, 0.29) is 18.1 Å². The molecule has 1 saturated heterocycles. The maximum atomic E-state index is 12.3. The molecule has 20 heavy (non-hydrogen) atoms. The van der Waals surface area contributed by atoms with E-state index in [0.29, 0.717) is 5.25 Å². The van der Waals surface area contributed by atoms with E-state index < -0.39 is 0 Å². The molecule has 3 atom stereocenters. The lowest BCUT2D eigenvalue weighted by molar-refractivity contribution is -0.129. The fraction of sp³-hybridized carbons (Fsp3) is 0.533. The number of nitrogens with one attached hydrogen (secondary N) is 1. The van der Waals surface area contributed by atoms with Crippen molar-refractivity contribution in [1.29, 1.82) is 0 Å². The molecule has 2 rings (SSSR count). The molecule has 1 N–H and O–H groups in total. The average Bonchev–Trinajstić information content (AvgIpc) is 2.75. The van der Waals surface area contributed by atoms with Crippen LogP contribution < -0.4 is 5.32 Å². The second-order valence-corrected chi connectivity index (χ2v) is 7.26. The Balaban J connectivity index is 2.20. The molecule has 1 heterocycles. The van der Waals surface area contributed by atoms with E-state index in [1.165, 1.54) is 4.90 Å². The summed E-state index contributed by atoms with van der Waals surface area (Å²) in [7, 11) is 0. The van der Waals surface area contributed by atoms with Crippen molar-refractivity contribution in [2.75, 3.05) is 19.1 Å². The fourth-order valence-corrected chi connectivity index (χ4v) is 3.10. The third-order valence-corrected chi connectivity index (χ3v) is 5.36. The molecule has 3 unspecified atom stereocenters. The van der Waals surface area contributed by atoms with E-state index in [0.717, 1.165) is 12.1 Å². The van der Waals surface area contributed by atoms with Crippen LogP contribution in [-0.2, 0) is 4.79 Å². The van der Waals surface area contributed by atoms with Crippen molar-refractivity contribution in [2.24, 2.45) is 0 Å². The van der Waals surface area contributed by atoms with Crippen LogP contribution in [0.3, 0.4) is 0 Å². The van der Waals surface area contributed by atoms with Gasteiger partial charge in [-0.25, -0.2) is 0 Å². The van der Waals surface area contributed by atoms with Gasteiger partial charge in [0.15, 0.2) is 0 Å². The van der Waals surface area contributed by atoms with Crippen molar-refractivity contribution in [3.8, 4) is 0 Å². The Hall–Kier alpha value is -0.650. The molecular weight excluding hydrogens is 288 g/mol. The Morgan fingerprint density at radius 1 is 1.30 bits per heavy atom. The SMILES string of the molecule is CSc1ccc(C2NC(C)C(=O)N2CC(C)SC)cc1. The fourth-order valence-electron chi connectivity index (χ4n) is 2.38. The summed E-state index contributed by atoms with van der Waals surface area (Å²) in [5, 5.41) is 3.84. The molecule has 3 nitrogen and oxygen atoms in total. The summed E-state index contributed by atoms with van der Waals surface area (Å²) in [5.74, 6) is 0.199. The van der Waals surface area contributed by atoms with Crippen LogP contribution in [0, 0.1) is 0 Å².